The van der Waals surface area contributed by atoms with Gasteiger partial charge in [-0.3, -0.25) is 14.6 Å². The molecule has 1 amide bonds. The van der Waals surface area contributed by atoms with Crippen molar-refractivity contribution in [2.45, 2.75) is 25.4 Å². The van der Waals surface area contributed by atoms with Gasteiger partial charge >= 0.3 is 0 Å². The minimum absolute atomic E-state index is 0.0831. The Bertz CT molecular complexity index is 1380. The van der Waals surface area contributed by atoms with Gasteiger partial charge in [0, 0.05) is 62.9 Å². The summed E-state index contributed by atoms with van der Waals surface area (Å²) in [5.74, 6) is 1.37. The molecule has 1 N–H and O–H groups in total. The van der Waals surface area contributed by atoms with E-state index in [2.05, 4.69) is 26.5 Å². The SMILES string of the molecule is C=CCn1cc(C(=O)N(C)C2CCN(c3cncc(-n4cccn4)n3)CC2)c2cc[nH]c2c1=O. The fourth-order valence-electron chi connectivity index (χ4n) is 4.49. The van der Waals surface area contributed by atoms with Crippen LogP contribution in [0.4, 0.5) is 5.82 Å². The normalized spacial score (nSPS) is 14.4. The fourth-order valence-corrected chi connectivity index (χ4v) is 4.49. The first-order chi connectivity index (χ1) is 16.6. The Labute approximate surface area is 196 Å². The number of carbonyl (C=O) groups excluding carboxylic acids is 1. The summed E-state index contributed by atoms with van der Waals surface area (Å²) in [5, 5.41) is 4.86. The minimum atomic E-state index is -0.161. The van der Waals surface area contributed by atoms with E-state index >= 15 is 0 Å². The molecule has 5 rings (SSSR count). The van der Waals surface area contributed by atoms with Gasteiger partial charge in [0.2, 0.25) is 0 Å². The smallest absolute Gasteiger partial charge is 0.275 e. The molecule has 0 spiro atoms. The molecule has 4 aromatic rings. The van der Waals surface area contributed by atoms with Crippen molar-refractivity contribution in [3.63, 3.8) is 0 Å². The van der Waals surface area contributed by atoms with Crippen molar-refractivity contribution in [3.8, 4) is 5.82 Å². The third-order valence-electron chi connectivity index (χ3n) is 6.36. The molecular weight excluding hydrogens is 432 g/mol. The van der Waals surface area contributed by atoms with Crippen LogP contribution in [0.25, 0.3) is 16.7 Å². The average molecular weight is 459 g/mol. The number of nitrogens with zero attached hydrogens (tertiary/aromatic N) is 7. The molecule has 0 aromatic carbocycles. The minimum Gasteiger partial charge on any atom is -0.357 e. The summed E-state index contributed by atoms with van der Waals surface area (Å²) in [6.45, 7) is 5.58. The molecule has 1 fully saturated rings. The number of rotatable bonds is 6. The van der Waals surface area contributed by atoms with E-state index in [1.54, 1.807) is 52.7 Å². The lowest BCUT2D eigenvalue weighted by Crippen LogP contribution is -2.46. The molecule has 0 bridgehead atoms. The molecule has 10 heteroatoms. The van der Waals surface area contributed by atoms with Crippen molar-refractivity contribution in [2.75, 3.05) is 25.0 Å². The highest BCUT2D eigenvalue weighted by Gasteiger charge is 2.28. The Kier molecular flexibility index (Phi) is 5.70. The van der Waals surface area contributed by atoms with Gasteiger partial charge in [-0.1, -0.05) is 6.08 Å². The number of anilines is 1. The largest absolute Gasteiger partial charge is 0.357 e. The first-order valence-corrected chi connectivity index (χ1v) is 11.2. The number of hydrogen-bond acceptors (Lipinski definition) is 6. The Morgan fingerprint density at radius 1 is 1.29 bits per heavy atom. The highest BCUT2D eigenvalue weighted by Crippen LogP contribution is 2.23. The highest BCUT2D eigenvalue weighted by molar-refractivity contribution is 6.06. The van der Waals surface area contributed by atoms with Crippen LogP contribution in [-0.4, -0.2) is 66.3 Å². The second-order valence-electron chi connectivity index (χ2n) is 8.38. The zero-order chi connectivity index (χ0) is 23.7. The highest BCUT2D eigenvalue weighted by atomic mass is 16.2. The van der Waals surface area contributed by atoms with Gasteiger partial charge in [0.05, 0.1) is 18.0 Å². The molecule has 4 aromatic heterocycles. The van der Waals surface area contributed by atoms with Gasteiger partial charge in [-0.05, 0) is 25.0 Å². The van der Waals surface area contributed by atoms with Crippen LogP contribution in [0.3, 0.4) is 0 Å². The molecule has 1 saturated heterocycles. The summed E-state index contributed by atoms with van der Waals surface area (Å²) in [6, 6.07) is 3.71. The van der Waals surface area contributed by atoms with E-state index in [9.17, 15) is 9.59 Å². The van der Waals surface area contributed by atoms with Crippen molar-refractivity contribution in [3.05, 3.63) is 77.9 Å². The molecule has 10 nitrogen and oxygen atoms in total. The van der Waals surface area contributed by atoms with E-state index in [0.29, 0.717) is 28.8 Å². The third kappa shape index (κ3) is 3.87. The van der Waals surface area contributed by atoms with Gasteiger partial charge in [-0.2, -0.15) is 5.10 Å². The summed E-state index contributed by atoms with van der Waals surface area (Å²) in [6.07, 6.45) is 13.6. The van der Waals surface area contributed by atoms with Crippen LogP contribution in [-0.2, 0) is 6.54 Å². The summed E-state index contributed by atoms with van der Waals surface area (Å²) < 4.78 is 3.20. The van der Waals surface area contributed by atoms with Crippen LogP contribution in [0.5, 0.6) is 0 Å². The van der Waals surface area contributed by atoms with Crippen LogP contribution in [0, 0.1) is 0 Å². The Hall–Kier alpha value is -4.21. The van der Waals surface area contributed by atoms with Crippen molar-refractivity contribution >= 4 is 22.6 Å². The molecular formula is C24H26N8O2. The number of aromatic nitrogens is 6. The van der Waals surface area contributed by atoms with E-state index in [1.165, 1.54) is 4.57 Å². The summed E-state index contributed by atoms with van der Waals surface area (Å²) in [5.41, 5.74) is 0.790. The predicted molar refractivity (Wildman–Crippen MR) is 129 cm³/mol. The number of hydrogen-bond donors (Lipinski definition) is 1. The molecule has 5 heterocycles. The first-order valence-electron chi connectivity index (χ1n) is 11.2. The number of H-pyrrole nitrogens is 1. The fraction of sp³-hybridized carbons (Fsp3) is 0.292. The number of piperidine rings is 1. The molecule has 1 aliphatic heterocycles. The predicted octanol–water partition coefficient (Wildman–Crippen LogP) is 2.23. The van der Waals surface area contributed by atoms with E-state index in [1.807, 2.05) is 19.3 Å². The van der Waals surface area contributed by atoms with Crippen LogP contribution < -0.4 is 10.5 Å². The summed E-state index contributed by atoms with van der Waals surface area (Å²) >= 11 is 0. The zero-order valence-electron chi connectivity index (χ0n) is 19.0. The van der Waals surface area contributed by atoms with Crippen LogP contribution >= 0.6 is 0 Å². The van der Waals surface area contributed by atoms with Crippen molar-refractivity contribution in [1.29, 1.82) is 0 Å². The Morgan fingerprint density at radius 3 is 2.82 bits per heavy atom. The zero-order valence-corrected chi connectivity index (χ0v) is 19.0. The second kappa shape index (κ2) is 8.97. The van der Waals surface area contributed by atoms with Crippen molar-refractivity contribution in [1.82, 2.24) is 34.2 Å². The lowest BCUT2D eigenvalue weighted by atomic mass is 10.0. The Balaban J connectivity index is 1.32. The van der Waals surface area contributed by atoms with Crippen LogP contribution in [0.2, 0.25) is 0 Å². The molecule has 0 atom stereocenters. The number of carbonyl (C=O) groups is 1. The summed E-state index contributed by atoms with van der Waals surface area (Å²) in [7, 11) is 1.84. The van der Waals surface area contributed by atoms with E-state index in [4.69, 9.17) is 4.98 Å². The van der Waals surface area contributed by atoms with Gasteiger partial charge < -0.3 is 19.4 Å². The van der Waals surface area contributed by atoms with Crippen LogP contribution in [0.15, 0.2) is 66.8 Å². The number of fused-ring (bicyclic) bond motifs is 1. The third-order valence-corrected chi connectivity index (χ3v) is 6.36. The van der Waals surface area contributed by atoms with Gasteiger partial charge in [0.15, 0.2) is 5.82 Å². The second-order valence-corrected chi connectivity index (χ2v) is 8.38. The van der Waals surface area contributed by atoms with E-state index in [0.717, 1.165) is 31.7 Å². The van der Waals surface area contributed by atoms with Gasteiger partial charge in [0.25, 0.3) is 11.5 Å². The number of aromatic amines is 1. The standard InChI is InChI=1S/C24H26N8O2/c1-3-10-31-16-19(18-5-9-26-22(18)24(31)34)23(33)29(2)17-6-12-30(13-7-17)20-14-25-15-21(28-20)32-11-4-8-27-32/h3-5,8-9,11,14-17,26H,1,6-7,10,12-13H2,2H3. The maximum atomic E-state index is 13.5. The lowest BCUT2D eigenvalue weighted by molar-refractivity contribution is 0.0710. The van der Waals surface area contributed by atoms with Gasteiger partial charge in [-0.15, -0.1) is 6.58 Å². The van der Waals surface area contributed by atoms with Gasteiger partial charge in [-0.25, -0.2) is 9.67 Å². The quantitative estimate of drug-likeness (QED) is 0.444. The molecule has 34 heavy (non-hydrogen) atoms. The lowest BCUT2D eigenvalue weighted by Gasteiger charge is -2.37. The monoisotopic (exact) mass is 458 g/mol. The number of allylic oxidation sites excluding steroid dienone is 1. The number of nitrogens with one attached hydrogen (secondary N) is 1. The molecule has 0 saturated carbocycles. The molecule has 0 unspecified atom stereocenters. The molecule has 0 aliphatic carbocycles. The van der Waals surface area contributed by atoms with Gasteiger partial charge in [0.1, 0.15) is 11.3 Å². The van der Waals surface area contributed by atoms with E-state index in [-0.39, 0.29) is 17.5 Å². The van der Waals surface area contributed by atoms with Crippen LogP contribution in [0.1, 0.15) is 23.2 Å². The number of amides is 1. The topological polar surface area (TPSA) is 105 Å². The van der Waals surface area contributed by atoms with E-state index < -0.39 is 0 Å². The Morgan fingerprint density at radius 2 is 2.09 bits per heavy atom. The first kappa shape index (κ1) is 21.6. The van der Waals surface area contributed by atoms with Crippen molar-refractivity contribution in [2.24, 2.45) is 0 Å². The maximum absolute atomic E-state index is 13.5. The molecule has 174 valence electrons. The number of pyridine rings is 1. The molecule has 1 aliphatic rings. The van der Waals surface area contributed by atoms with Crippen molar-refractivity contribution < 1.29 is 4.79 Å². The average Bonchev–Trinajstić information content (AvgIpc) is 3.58. The molecule has 0 radical (unpaired) electrons. The summed E-state index contributed by atoms with van der Waals surface area (Å²) in [4.78, 5) is 42.1. The maximum Gasteiger partial charge on any atom is 0.275 e.